The highest BCUT2D eigenvalue weighted by molar-refractivity contribution is 5.21. The lowest BCUT2D eigenvalue weighted by Crippen LogP contribution is -2.10. The molecule has 1 aromatic carbocycles. The second-order valence-corrected chi connectivity index (χ2v) is 4.87. The molecule has 0 spiro atoms. The highest BCUT2D eigenvalue weighted by Crippen LogP contribution is 2.15. The number of ether oxygens (including phenoxy) is 1. The lowest BCUT2D eigenvalue weighted by molar-refractivity contribution is 0.309. The van der Waals surface area contributed by atoms with Crippen molar-refractivity contribution in [1.82, 2.24) is 4.98 Å². The molecule has 2 aromatic rings. The SMILES string of the molecule is CC[C@@H](N)c1ccc(OCCCc2ccccc2)cn1. The monoisotopic (exact) mass is 270 g/mol. The predicted molar refractivity (Wildman–Crippen MR) is 81.7 cm³/mol. The van der Waals surface area contributed by atoms with Crippen LogP contribution in [0.25, 0.3) is 0 Å². The van der Waals surface area contributed by atoms with Gasteiger partial charge >= 0.3 is 0 Å². The normalized spacial score (nSPS) is 12.1. The molecule has 1 atom stereocenters. The number of hydrogen-bond donors (Lipinski definition) is 1. The third-order valence-corrected chi connectivity index (χ3v) is 3.30. The third kappa shape index (κ3) is 4.35. The van der Waals surface area contributed by atoms with Gasteiger partial charge in [0.25, 0.3) is 0 Å². The molecule has 0 unspecified atom stereocenters. The van der Waals surface area contributed by atoms with Gasteiger partial charge in [-0.05, 0) is 37.0 Å². The van der Waals surface area contributed by atoms with Crippen molar-refractivity contribution in [3.8, 4) is 5.75 Å². The molecule has 0 aliphatic heterocycles. The van der Waals surface area contributed by atoms with Crippen LogP contribution in [0.4, 0.5) is 0 Å². The standard InChI is InChI=1S/C17H22N2O/c1-2-16(18)17-11-10-15(13-19-17)20-12-6-9-14-7-4-3-5-8-14/h3-5,7-8,10-11,13,16H,2,6,9,12,18H2,1H3/t16-/m1/s1. The van der Waals surface area contributed by atoms with Crippen LogP contribution in [0.3, 0.4) is 0 Å². The predicted octanol–water partition coefficient (Wildman–Crippen LogP) is 3.50. The maximum absolute atomic E-state index is 5.93. The number of benzene rings is 1. The van der Waals surface area contributed by atoms with Crippen LogP contribution in [0.1, 0.15) is 37.1 Å². The van der Waals surface area contributed by atoms with Crippen molar-refractivity contribution in [2.45, 2.75) is 32.2 Å². The minimum atomic E-state index is 0.0159. The van der Waals surface area contributed by atoms with Gasteiger partial charge in [0.1, 0.15) is 5.75 Å². The summed E-state index contributed by atoms with van der Waals surface area (Å²) in [7, 11) is 0. The largest absolute Gasteiger partial charge is 0.492 e. The van der Waals surface area contributed by atoms with Gasteiger partial charge in [0.2, 0.25) is 0 Å². The Morgan fingerprint density at radius 1 is 1.15 bits per heavy atom. The molecule has 0 aliphatic carbocycles. The van der Waals surface area contributed by atoms with E-state index in [0.29, 0.717) is 6.61 Å². The molecule has 0 amide bonds. The number of aromatic nitrogens is 1. The van der Waals surface area contributed by atoms with Crippen molar-refractivity contribution in [2.75, 3.05) is 6.61 Å². The smallest absolute Gasteiger partial charge is 0.137 e. The molecule has 1 heterocycles. The minimum Gasteiger partial charge on any atom is -0.492 e. The van der Waals surface area contributed by atoms with Crippen molar-refractivity contribution in [2.24, 2.45) is 5.73 Å². The maximum Gasteiger partial charge on any atom is 0.137 e. The quantitative estimate of drug-likeness (QED) is 0.783. The first-order valence-corrected chi connectivity index (χ1v) is 7.18. The van der Waals surface area contributed by atoms with E-state index in [9.17, 15) is 0 Å². The number of pyridine rings is 1. The molecule has 0 bridgehead atoms. The Morgan fingerprint density at radius 3 is 2.60 bits per heavy atom. The molecule has 0 saturated carbocycles. The van der Waals surface area contributed by atoms with E-state index in [1.807, 2.05) is 18.2 Å². The summed E-state index contributed by atoms with van der Waals surface area (Å²) < 4.78 is 5.69. The lowest BCUT2D eigenvalue weighted by atomic mass is 10.1. The molecular weight excluding hydrogens is 248 g/mol. The van der Waals surface area contributed by atoms with E-state index in [4.69, 9.17) is 10.5 Å². The fourth-order valence-corrected chi connectivity index (χ4v) is 2.02. The van der Waals surface area contributed by atoms with Gasteiger partial charge in [-0.1, -0.05) is 37.3 Å². The van der Waals surface area contributed by atoms with Crippen LogP contribution in [0.15, 0.2) is 48.7 Å². The topological polar surface area (TPSA) is 48.1 Å². The van der Waals surface area contributed by atoms with E-state index in [1.165, 1.54) is 5.56 Å². The van der Waals surface area contributed by atoms with Gasteiger partial charge in [-0.15, -0.1) is 0 Å². The number of rotatable bonds is 7. The van der Waals surface area contributed by atoms with Crippen LogP contribution in [0.5, 0.6) is 5.75 Å². The van der Waals surface area contributed by atoms with E-state index in [1.54, 1.807) is 6.20 Å². The summed E-state index contributed by atoms with van der Waals surface area (Å²) in [5, 5.41) is 0. The Morgan fingerprint density at radius 2 is 1.95 bits per heavy atom. The fourth-order valence-electron chi connectivity index (χ4n) is 2.02. The Hall–Kier alpha value is -1.87. The van der Waals surface area contributed by atoms with Gasteiger partial charge in [0.05, 0.1) is 18.5 Å². The van der Waals surface area contributed by atoms with Crippen LogP contribution in [-0.4, -0.2) is 11.6 Å². The average Bonchev–Trinajstić information content (AvgIpc) is 2.52. The van der Waals surface area contributed by atoms with Crippen LogP contribution < -0.4 is 10.5 Å². The molecule has 1 aromatic heterocycles. The summed E-state index contributed by atoms with van der Waals surface area (Å²) in [5.74, 6) is 0.810. The first kappa shape index (κ1) is 14.5. The lowest BCUT2D eigenvalue weighted by Gasteiger charge is -2.10. The molecule has 2 rings (SSSR count). The van der Waals surface area contributed by atoms with Gasteiger partial charge in [-0.2, -0.15) is 0 Å². The van der Waals surface area contributed by atoms with E-state index >= 15 is 0 Å². The van der Waals surface area contributed by atoms with Crippen molar-refractivity contribution in [3.63, 3.8) is 0 Å². The Kier molecular flexibility index (Phi) is 5.56. The average molecular weight is 270 g/mol. The zero-order chi connectivity index (χ0) is 14.2. The molecule has 106 valence electrons. The van der Waals surface area contributed by atoms with Gasteiger partial charge in [0.15, 0.2) is 0 Å². The molecule has 3 heteroatoms. The molecule has 20 heavy (non-hydrogen) atoms. The van der Waals surface area contributed by atoms with Gasteiger partial charge in [-0.25, -0.2) is 0 Å². The third-order valence-electron chi connectivity index (χ3n) is 3.30. The molecule has 0 fully saturated rings. The summed E-state index contributed by atoms with van der Waals surface area (Å²) in [5.41, 5.74) is 8.19. The second-order valence-electron chi connectivity index (χ2n) is 4.87. The van der Waals surface area contributed by atoms with Crippen molar-refractivity contribution in [1.29, 1.82) is 0 Å². The van der Waals surface area contributed by atoms with Gasteiger partial charge < -0.3 is 10.5 Å². The Balaban J connectivity index is 1.74. The first-order chi connectivity index (χ1) is 9.79. The number of hydrogen-bond acceptors (Lipinski definition) is 3. The highest BCUT2D eigenvalue weighted by atomic mass is 16.5. The zero-order valence-electron chi connectivity index (χ0n) is 12.0. The highest BCUT2D eigenvalue weighted by Gasteiger charge is 2.04. The van der Waals surface area contributed by atoms with Gasteiger partial charge in [-0.3, -0.25) is 4.98 Å². The number of nitrogens with zero attached hydrogens (tertiary/aromatic N) is 1. The molecule has 0 aliphatic rings. The summed E-state index contributed by atoms with van der Waals surface area (Å²) in [4.78, 5) is 4.34. The molecule has 0 radical (unpaired) electrons. The van der Waals surface area contributed by atoms with E-state index in [2.05, 4.69) is 36.2 Å². The molecule has 0 saturated heterocycles. The zero-order valence-corrected chi connectivity index (χ0v) is 12.0. The van der Waals surface area contributed by atoms with Crippen LogP contribution in [-0.2, 0) is 6.42 Å². The minimum absolute atomic E-state index is 0.0159. The molecular formula is C17H22N2O. The first-order valence-electron chi connectivity index (χ1n) is 7.18. The molecule has 3 nitrogen and oxygen atoms in total. The van der Waals surface area contributed by atoms with Crippen molar-refractivity contribution >= 4 is 0 Å². The summed E-state index contributed by atoms with van der Waals surface area (Å²) in [6, 6.07) is 14.4. The second kappa shape index (κ2) is 7.65. The number of nitrogens with two attached hydrogens (primary N) is 1. The van der Waals surface area contributed by atoms with Crippen molar-refractivity contribution in [3.05, 3.63) is 59.9 Å². The Bertz CT molecular complexity index is 496. The number of aryl methyl sites for hydroxylation is 1. The molecule has 2 N–H and O–H groups in total. The Labute approximate surface area is 120 Å². The van der Waals surface area contributed by atoms with Crippen LogP contribution in [0, 0.1) is 0 Å². The van der Waals surface area contributed by atoms with Crippen LogP contribution in [0.2, 0.25) is 0 Å². The maximum atomic E-state index is 5.93. The summed E-state index contributed by atoms with van der Waals surface area (Å²) in [6.07, 6.45) is 4.69. The van der Waals surface area contributed by atoms with E-state index in [-0.39, 0.29) is 6.04 Å². The van der Waals surface area contributed by atoms with Crippen molar-refractivity contribution < 1.29 is 4.74 Å². The van der Waals surface area contributed by atoms with Crippen LogP contribution >= 0.6 is 0 Å². The van der Waals surface area contributed by atoms with Gasteiger partial charge in [0, 0.05) is 6.04 Å². The van der Waals surface area contributed by atoms with E-state index in [0.717, 1.165) is 30.7 Å². The summed E-state index contributed by atoms with van der Waals surface area (Å²) >= 11 is 0. The summed E-state index contributed by atoms with van der Waals surface area (Å²) in [6.45, 7) is 2.76. The fraction of sp³-hybridized carbons (Fsp3) is 0.353. The van der Waals surface area contributed by atoms with E-state index < -0.39 is 0 Å².